The molecule has 0 saturated heterocycles. The van der Waals surface area contributed by atoms with Crippen LogP contribution in [0.15, 0.2) is 146 Å². The summed E-state index contributed by atoms with van der Waals surface area (Å²) < 4.78 is 14.5. The molecular weight excluding hydrogens is 697 g/mol. The normalized spacial score (nSPS) is 12.1. The quantitative estimate of drug-likeness (QED) is 0.0985. The van der Waals surface area contributed by atoms with E-state index in [1.807, 2.05) is 54.9 Å². The SMILES string of the molecule is CCN(CC)CC(O)COc1c(OCc2ccc(-c3ccccc3-c3nnnn3C(c3ccccc3)(c3ccccc3)c3ccccc3)cc2)cc(C)nc1C. The van der Waals surface area contributed by atoms with Gasteiger partial charge in [0.25, 0.3) is 0 Å². The molecule has 284 valence electrons. The van der Waals surface area contributed by atoms with E-state index < -0.39 is 11.6 Å². The van der Waals surface area contributed by atoms with Gasteiger partial charge in [-0.2, -0.15) is 0 Å². The molecule has 9 nitrogen and oxygen atoms in total. The molecule has 9 heteroatoms. The van der Waals surface area contributed by atoms with Crippen LogP contribution in [-0.2, 0) is 12.1 Å². The van der Waals surface area contributed by atoms with Crippen molar-refractivity contribution >= 4 is 0 Å². The fraction of sp³-hybridized carbons (Fsp3) is 0.234. The highest BCUT2D eigenvalue weighted by Crippen LogP contribution is 2.43. The van der Waals surface area contributed by atoms with Crippen molar-refractivity contribution in [2.24, 2.45) is 0 Å². The zero-order chi connectivity index (χ0) is 38.9. The van der Waals surface area contributed by atoms with Crippen LogP contribution in [0.2, 0.25) is 0 Å². The summed E-state index contributed by atoms with van der Waals surface area (Å²) in [5, 5.41) is 24.5. The molecule has 0 aliphatic heterocycles. The Morgan fingerprint density at radius 1 is 0.696 bits per heavy atom. The van der Waals surface area contributed by atoms with Crippen molar-refractivity contribution in [1.82, 2.24) is 30.1 Å². The lowest BCUT2D eigenvalue weighted by Crippen LogP contribution is -2.39. The summed E-state index contributed by atoms with van der Waals surface area (Å²) in [5.74, 6) is 1.79. The van der Waals surface area contributed by atoms with Crippen molar-refractivity contribution in [3.8, 4) is 34.0 Å². The minimum atomic E-state index is -0.868. The van der Waals surface area contributed by atoms with Crippen LogP contribution in [0.5, 0.6) is 11.5 Å². The molecule has 1 atom stereocenters. The molecule has 0 amide bonds. The Bertz CT molecular complexity index is 2210. The number of rotatable bonds is 16. The molecule has 0 aliphatic carbocycles. The van der Waals surface area contributed by atoms with E-state index >= 15 is 0 Å². The molecule has 0 saturated carbocycles. The van der Waals surface area contributed by atoms with E-state index in [0.717, 1.165) is 63.4 Å². The number of hydrogen-bond acceptors (Lipinski definition) is 8. The maximum atomic E-state index is 10.7. The van der Waals surface area contributed by atoms with Crippen molar-refractivity contribution < 1.29 is 14.6 Å². The number of aliphatic hydroxyl groups excluding tert-OH is 1. The lowest BCUT2D eigenvalue weighted by molar-refractivity contribution is 0.0696. The van der Waals surface area contributed by atoms with E-state index in [1.54, 1.807) is 0 Å². The maximum Gasteiger partial charge on any atom is 0.184 e. The van der Waals surface area contributed by atoms with Crippen LogP contribution in [0.1, 0.15) is 47.5 Å². The van der Waals surface area contributed by atoms with Gasteiger partial charge in [-0.25, -0.2) is 4.68 Å². The molecule has 2 heterocycles. The number of aromatic nitrogens is 5. The number of ether oxygens (including phenoxy) is 2. The van der Waals surface area contributed by atoms with E-state index in [9.17, 15) is 5.11 Å². The number of nitrogens with zero attached hydrogens (tertiary/aromatic N) is 6. The fourth-order valence-electron chi connectivity index (χ4n) is 7.43. The molecule has 0 spiro atoms. The second-order valence-electron chi connectivity index (χ2n) is 13.9. The minimum absolute atomic E-state index is 0.152. The highest BCUT2D eigenvalue weighted by Gasteiger charge is 2.42. The van der Waals surface area contributed by atoms with Gasteiger partial charge in [0.1, 0.15) is 24.9 Å². The van der Waals surface area contributed by atoms with Gasteiger partial charge in [-0.3, -0.25) is 4.98 Å². The molecule has 5 aromatic carbocycles. The van der Waals surface area contributed by atoms with Crippen LogP contribution < -0.4 is 9.47 Å². The monoisotopic (exact) mass is 744 g/mol. The maximum absolute atomic E-state index is 10.7. The first-order valence-electron chi connectivity index (χ1n) is 19.2. The van der Waals surface area contributed by atoms with E-state index in [0.29, 0.717) is 30.5 Å². The third-order valence-electron chi connectivity index (χ3n) is 10.2. The molecule has 0 radical (unpaired) electrons. The summed E-state index contributed by atoms with van der Waals surface area (Å²) in [6, 6.07) is 49.8. The standard InChI is InChI=1S/C47H48N6O3/c1-5-52(6-2)31-41(54)33-56-45-35(4)48-34(3)30-44(45)55-32-36-26-28-37(29-27-36)42-24-16-17-25-43(42)46-49-50-51-53(46)47(38-18-10-7-11-19-38,39-20-12-8-13-21-39)40-22-14-9-15-23-40/h7-30,41,54H,5-6,31-33H2,1-4H3. The van der Waals surface area contributed by atoms with Crippen LogP contribution in [-0.4, -0.2) is 67.5 Å². The van der Waals surface area contributed by atoms with E-state index in [-0.39, 0.29) is 6.61 Å². The van der Waals surface area contributed by atoms with Gasteiger partial charge in [0.05, 0.1) is 5.69 Å². The van der Waals surface area contributed by atoms with Gasteiger partial charge in [-0.15, -0.1) is 5.10 Å². The van der Waals surface area contributed by atoms with E-state index in [1.165, 1.54) is 0 Å². The Labute approximate surface area is 329 Å². The Kier molecular flexibility index (Phi) is 11.9. The number of pyridine rings is 1. The molecule has 2 aromatic heterocycles. The molecule has 0 bridgehead atoms. The Hall–Kier alpha value is -6.16. The first kappa shape index (κ1) is 38.1. The minimum Gasteiger partial charge on any atom is -0.485 e. The fourth-order valence-corrected chi connectivity index (χ4v) is 7.43. The highest BCUT2D eigenvalue weighted by molar-refractivity contribution is 5.81. The number of tetrazole rings is 1. The van der Waals surface area contributed by atoms with Crippen LogP contribution in [0.3, 0.4) is 0 Å². The second kappa shape index (κ2) is 17.5. The van der Waals surface area contributed by atoms with Crippen molar-refractivity contribution in [3.05, 3.63) is 179 Å². The molecule has 0 fully saturated rings. The Balaban J connectivity index is 1.19. The largest absolute Gasteiger partial charge is 0.485 e. The molecule has 1 N–H and O–H groups in total. The van der Waals surface area contributed by atoms with Crippen molar-refractivity contribution in [3.63, 3.8) is 0 Å². The number of hydrogen-bond donors (Lipinski definition) is 1. The number of aryl methyl sites for hydroxylation is 2. The van der Waals surface area contributed by atoms with Gasteiger partial charge in [-0.1, -0.05) is 153 Å². The van der Waals surface area contributed by atoms with Gasteiger partial charge < -0.3 is 19.5 Å². The predicted molar refractivity (Wildman–Crippen MR) is 221 cm³/mol. The highest BCUT2D eigenvalue weighted by atomic mass is 16.5. The molecular formula is C47H48N6O3. The lowest BCUT2D eigenvalue weighted by atomic mass is 9.77. The van der Waals surface area contributed by atoms with Gasteiger partial charge in [0.15, 0.2) is 17.3 Å². The second-order valence-corrected chi connectivity index (χ2v) is 13.9. The Morgan fingerprint density at radius 2 is 1.25 bits per heavy atom. The summed E-state index contributed by atoms with van der Waals surface area (Å²) in [5.41, 5.74) is 7.72. The van der Waals surface area contributed by atoms with E-state index in [2.05, 4.69) is 138 Å². The smallest absolute Gasteiger partial charge is 0.184 e. The van der Waals surface area contributed by atoms with Gasteiger partial charge in [0, 0.05) is 23.9 Å². The number of aliphatic hydroxyl groups is 1. The van der Waals surface area contributed by atoms with Crippen molar-refractivity contribution in [2.45, 2.75) is 45.9 Å². The number of benzene rings is 5. The third kappa shape index (κ3) is 7.96. The summed E-state index contributed by atoms with van der Waals surface area (Å²) >= 11 is 0. The van der Waals surface area contributed by atoms with Crippen LogP contribution in [0.4, 0.5) is 0 Å². The predicted octanol–water partition coefficient (Wildman–Crippen LogP) is 8.52. The molecule has 0 aliphatic rings. The Morgan fingerprint density at radius 3 is 1.82 bits per heavy atom. The van der Waals surface area contributed by atoms with Crippen LogP contribution in [0, 0.1) is 13.8 Å². The lowest BCUT2D eigenvalue weighted by Gasteiger charge is -2.36. The zero-order valence-corrected chi connectivity index (χ0v) is 32.4. The van der Waals surface area contributed by atoms with Crippen molar-refractivity contribution in [2.75, 3.05) is 26.2 Å². The van der Waals surface area contributed by atoms with Crippen LogP contribution in [0.25, 0.3) is 22.5 Å². The van der Waals surface area contributed by atoms with E-state index in [4.69, 9.17) is 19.8 Å². The summed E-state index contributed by atoms with van der Waals surface area (Å²) in [6.07, 6.45) is -0.630. The third-order valence-corrected chi connectivity index (χ3v) is 10.2. The van der Waals surface area contributed by atoms with Gasteiger partial charge in [0.2, 0.25) is 0 Å². The van der Waals surface area contributed by atoms with Crippen LogP contribution >= 0.6 is 0 Å². The average Bonchev–Trinajstić information content (AvgIpc) is 3.73. The topological polar surface area (TPSA) is 98.4 Å². The average molecular weight is 745 g/mol. The van der Waals surface area contributed by atoms with Crippen molar-refractivity contribution in [1.29, 1.82) is 0 Å². The molecule has 7 rings (SSSR count). The summed E-state index contributed by atoms with van der Waals surface area (Å²) in [4.78, 5) is 6.76. The summed E-state index contributed by atoms with van der Waals surface area (Å²) in [7, 11) is 0. The first-order valence-corrected chi connectivity index (χ1v) is 19.2. The zero-order valence-electron chi connectivity index (χ0n) is 32.4. The molecule has 7 aromatic rings. The molecule has 56 heavy (non-hydrogen) atoms. The van der Waals surface area contributed by atoms with Gasteiger partial charge in [-0.05, 0) is 70.7 Å². The number of likely N-dealkylation sites (N-methyl/N-ethyl adjacent to an activating group) is 1. The summed E-state index contributed by atoms with van der Waals surface area (Å²) in [6.45, 7) is 10.8. The first-order chi connectivity index (χ1) is 27.4. The molecule has 1 unspecified atom stereocenters. The van der Waals surface area contributed by atoms with Gasteiger partial charge >= 0.3 is 0 Å².